The van der Waals surface area contributed by atoms with E-state index in [4.69, 9.17) is 0 Å². The molecule has 1 fully saturated rings. The molecule has 1 aromatic rings. The van der Waals surface area contributed by atoms with Gasteiger partial charge in [-0.05, 0) is 24.7 Å². The summed E-state index contributed by atoms with van der Waals surface area (Å²) in [7, 11) is 0. The fourth-order valence-corrected chi connectivity index (χ4v) is 3.23. The van der Waals surface area contributed by atoms with E-state index in [1.54, 1.807) is 0 Å². The number of hydrogen-bond acceptors (Lipinski definition) is 4. The minimum atomic E-state index is -4.45. The number of anilines is 1. The third-order valence-electron chi connectivity index (χ3n) is 3.55. The predicted octanol–water partition coefficient (Wildman–Crippen LogP) is 4.19. The Labute approximate surface area is 114 Å². The van der Waals surface area contributed by atoms with Crippen molar-refractivity contribution in [2.24, 2.45) is 11.8 Å². The fourth-order valence-electron chi connectivity index (χ4n) is 2.62. The maximum Gasteiger partial charge on any atom is 0.452 e. The molecule has 108 valence electrons. The summed E-state index contributed by atoms with van der Waals surface area (Å²) < 4.78 is 40.2. The second-order valence-electron chi connectivity index (χ2n) is 5.27. The molecule has 1 aliphatic carbocycles. The first-order chi connectivity index (χ1) is 8.95. The van der Waals surface area contributed by atoms with Crippen molar-refractivity contribution in [3.05, 3.63) is 5.82 Å². The Balaban J connectivity index is 1.75. The molecule has 0 bridgehead atoms. The van der Waals surface area contributed by atoms with Crippen LogP contribution >= 0.6 is 11.5 Å². The van der Waals surface area contributed by atoms with Crippen molar-refractivity contribution in [2.45, 2.75) is 45.2 Å². The molecule has 0 aromatic carbocycles. The van der Waals surface area contributed by atoms with Gasteiger partial charge in [0.2, 0.25) is 11.0 Å². The highest BCUT2D eigenvalue weighted by molar-refractivity contribution is 7.09. The molecule has 2 atom stereocenters. The highest BCUT2D eigenvalue weighted by atomic mass is 32.1. The summed E-state index contributed by atoms with van der Waals surface area (Å²) in [5.74, 6) is 0.412. The monoisotopic (exact) mass is 293 g/mol. The summed E-state index contributed by atoms with van der Waals surface area (Å²) in [4.78, 5) is 3.45. The van der Waals surface area contributed by atoms with Crippen LogP contribution in [0.15, 0.2) is 0 Å². The molecule has 1 aromatic heterocycles. The number of nitrogens with one attached hydrogen (secondary N) is 1. The summed E-state index contributed by atoms with van der Waals surface area (Å²) in [6.45, 7) is 2.93. The van der Waals surface area contributed by atoms with Crippen molar-refractivity contribution in [2.75, 3.05) is 11.9 Å². The Morgan fingerprint density at radius 2 is 2.16 bits per heavy atom. The quantitative estimate of drug-likeness (QED) is 0.904. The maximum absolute atomic E-state index is 12.3. The van der Waals surface area contributed by atoms with Crippen LogP contribution in [0.3, 0.4) is 0 Å². The first-order valence-corrected chi connectivity index (χ1v) is 7.37. The largest absolute Gasteiger partial charge is 0.452 e. The van der Waals surface area contributed by atoms with Crippen LogP contribution in [0.25, 0.3) is 0 Å². The van der Waals surface area contributed by atoms with E-state index in [1.807, 2.05) is 0 Å². The summed E-state index contributed by atoms with van der Waals surface area (Å²) in [6, 6.07) is 0. The van der Waals surface area contributed by atoms with Gasteiger partial charge in [0.1, 0.15) is 0 Å². The molecule has 1 saturated carbocycles. The fraction of sp³-hybridized carbons (Fsp3) is 0.833. The predicted molar refractivity (Wildman–Crippen MR) is 69.1 cm³/mol. The molecule has 0 spiro atoms. The van der Waals surface area contributed by atoms with Gasteiger partial charge in [-0.15, -0.1) is 0 Å². The Morgan fingerprint density at radius 1 is 1.37 bits per heavy atom. The molecule has 19 heavy (non-hydrogen) atoms. The van der Waals surface area contributed by atoms with Crippen molar-refractivity contribution >= 4 is 16.7 Å². The third-order valence-corrected chi connectivity index (χ3v) is 4.23. The molecule has 0 radical (unpaired) electrons. The third kappa shape index (κ3) is 4.33. The number of halogens is 3. The van der Waals surface area contributed by atoms with Crippen LogP contribution in [0.1, 0.15) is 44.9 Å². The van der Waals surface area contributed by atoms with Gasteiger partial charge in [-0.2, -0.15) is 22.5 Å². The summed E-state index contributed by atoms with van der Waals surface area (Å²) in [5.41, 5.74) is 0. The average Bonchev–Trinajstić information content (AvgIpc) is 2.77. The Bertz CT molecular complexity index is 405. The van der Waals surface area contributed by atoms with Gasteiger partial charge in [-0.1, -0.05) is 26.2 Å². The maximum atomic E-state index is 12.3. The highest BCUT2D eigenvalue weighted by Gasteiger charge is 2.36. The molecule has 0 saturated heterocycles. The minimum Gasteiger partial charge on any atom is -0.360 e. The van der Waals surface area contributed by atoms with E-state index in [0.717, 1.165) is 23.9 Å². The van der Waals surface area contributed by atoms with Gasteiger partial charge in [0.15, 0.2) is 0 Å². The minimum absolute atomic E-state index is 0.260. The number of aromatic nitrogens is 2. The highest BCUT2D eigenvalue weighted by Crippen LogP contribution is 2.31. The van der Waals surface area contributed by atoms with Crippen LogP contribution < -0.4 is 5.32 Å². The van der Waals surface area contributed by atoms with Crippen molar-refractivity contribution < 1.29 is 13.2 Å². The molecule has 3 nitrogen and oxygen atoms in total. The molecule has 0 aliphatic heterocycles. The zero-order valence-corrected chi connectivity index (χ0v) is 11.7. The van der Waals surface area contributed by atoms with E-state index in [2.05, 4.69) is 21.6 Å². The number of alkyl halides is 3. The van der Waals surface area contributed by atoms with Crippen molar-refractivity contribution in [1.29, 1.82) is 0 Å². The standard InChI is InChI=1S/C12H18F3N3S/c1-8-3-2-4-9(7-8)5-6-16-11-17-10(18-19-11)12(13,14)15/h8-9H,2-7H2,1H3,(H,16,17,18). The van der Waals surface area contributed by atoms with Gasteiger partial charge in [0.25, 0.3) is 0 Å². The van der Waals surface area contributed by atoms with Crippen LogP contribution in [0.5, 0.6) is 0 Å². The topological polar surface area (TPSA) is 37.8 Å². The lowest BCUT2D eigenvalue weighted by molar-refractivity contribution is -0.144. The number of hydrogen-bond donors (Lipinski definition) is 1. The van der Waals surface area contributed by atoms with Gasteiger partial charge in [-0.25, -0.2) is 0 Å². The molecule has 1 N–H and O–H groups in total. The van der Waals surface area contributed by atoms with Gasteiger partial charge in [0, 0.05) is 18.1 Å². The molecule has 1 heterocycles. The summed E-state index contributed by atoms with van der Waals surface area (Å²) >= 11 is 0.771. The van der Waals surface area contributed by atoms with Crippen LogP contribution in [0, 0.1) is 11.8 Å². The molecule has 2 unspecified atom stereocenters. The van der Waals surface area contributed by atoms with Gasteiger partial charge in [0.05, 0.1) is 0 Å². The summed E-state index contributed by atoms with van der Waals surface area (Å²) in [6.07, 6.45) is 1.57. The van der Waals surface area contributed by atoms with Crippen LogP contribution in [0.2, 0.25) is 0 Å². The SMILES string of the molecule is CC1CCCC(CCNc2nc(C(F)(F)F)ns2)C1. The van der Waals surface area contributed by atoms with Gasteiger partial charge in [-0.3, -0.25) is 0 Å². The lowest BCUT2D eigenvalue weighted by atomic mass is 9.81. The van der Waals surface area contributed by atoms with E-state index in [1.165, 1.54) is 25.7 Å². The van der Waals surface area contributed by atoms with Crippen molar-refractivity contribution in [1.82, 2.24) is 9.36 Å². The molecule has 7 heteroatoms. The Morgan fingerprint density at radius 3 is 2.79 bits per heavy atom. The lowest BCUT2D eigenvalue weighted by Crippen LogP contribution is -2.16. The van der Waals surface area contributed by atoms with E-state index in [0.29, 0.717) is 12.5 Å². The zero-order valence-electron chi connectivity index (χ0n) is 10.8. The van der Waals surface area contributed by atoms with E-state index >= 15 is 0 Å². The summed E-state index contributed by atoms with van der Waals surface area (Å²) in [5, 5.41) is 3.20. The van der Waals surface area contributed by atoms with E-state index in [-0.39, 0.29) is 5.13 Å². The first kappa shape index (κ1) is 14.6. The number of rotatable bonds is 4. The van der Waals surface area contributed by atoms with Crippen molar-refractivity contribution in [3.63, 3.8) is 0 Å². The Kier molecular flexibility index (Phi) is 4.65. The van der Waals surface area contributed by atoms with Crippen LogP contribution in [-0.2, 0) is 6.18 Å². The molecular weight excluding hydrogens is 275 g/mol. The normalized spacial score (nSPS) is 24.4. The smallest absolute Gasteiger partial charge is 0.360 e. The zero-order chi connectivity index (χ0) is 13.9. The Hall–Kier alpha value is -0.850. The van der Waals surface area contributed by atoms with Crippen LogP contribution in [-0.4, -0.2) is 15.9 Å². The average molecular weight is 293 g/mol. The molecule has 2 rings (SSSR count). The molecule has 1 aliphatic rings. The molecule has 0 amide bonds. The van der Waals surface area contributed by atoms with E-state index in [9.17, 15) is 13.2 Å². The van der Waals surface area contributed by atoms with E-state index < -0.39 is 12.0 Å². The lowest BCUT2D eigenvalue weighted by Gasteiger charge is -2.26. The number of nitrogens with zero attached hydrogens (tertiary/aromatic N) is 2. The van der Waals surface area contributed by atoms with Gasteiger partial charge < -0.3 is 5.32 Å². The first-order valence-electron chi connectivity index (χ1n) is 6.60. The second kappa shape index (κ2) is 6.07. The second-order valence-corrected chi connectivity index (χ2v) is 6.03. The van der Waals surface area contributed by atoms with Crippen LogP contribution in [0.4, 0.5) is 18.3 Å². The van der Waals surface area contributed by atoms with Gasteiger partial charge >= 0.3 is 6.18 Å². The van der Waals surface area contributed by atoms with Crippen molar-refractivity contribution in [3.8, 4) is 0 Å². The molecular formula is C12H18F3N3S.